The van der Waals surface area contributed by atoms with E-state index in [9.17, 15) is 4.79 Å². The fourth-order valence-electron chi connectivity index (χ4n) is 2.85. The predicted octanol–water partition coefficient (Wildman–Crippen LogP) is 3.28. The summed E-state index contributed by atoms with van der Waals surface area (Å²) in [5, 5.41) is 2.99. The van der Waals surface area contributed by atoms with E-state index in [0.717, 1.165) is 24.4 Å². The molecule has 3 nitrogen and oxygen atoms in total. The second-order valence-electron chi connectivity index (χ2n) is 5.64. The van der Waals surface area contributed by atoms with Crippen molar-refractivity contribution in [1.82, 2.24) is 5.32 Å². The van der Waals surface area contributed by atoms with Crippen molar-refractivity contribution in [3.8, 4) is 0 Å². The number of nitrogen functional groups attached to an aromatic ring is 1. The maximum atomic E-state index is 12.0. The van der Waals surface area contributed by atoms with Crippen LogP contribution in [0.4, 0.5) is 5.69 Å². The topological polar surface area (TPSA) is 55.1 Å². The molecular weight excluding hydrogens is 236 g/mol. The van der Waals surface area contributed by atoms with Gasteiger partial charge in [-0.15, -0.1) is 0 Å². The van der Waals surface area contributed by atoms with Crippen LogP contribution in [-0.4, -0.2) is 12.5 Å². The Morgan fingerprint density at radius 2 is 2.05 bits per heavy atom. The van der Waals surface area contributed by atoms with Crippen LogP contribution in [0.2, 0.25) is 0 Å². The summed E-state index contributed by atoms with van der Waals surface area (Å²) in [5.74, 6) is 0.748. The Morgan fingerprint density at radius 3 is 2.74 bits per heavy atom. The van der Waals surface area contributed by atoms with Gasteiger partial charge >= 0.3 is 0 Å². The number of carbonyl (C=O) groups is 1. The first-order valence-corrected chi connectivity index (χ1v) is 7.31. The fourth-order valence-corrected chi connectivity index (χ4v) is 2.85. The smallest absolute Gasteiger partial charge is 0.253 e. The molecular formula is C16H24N2O. The molecule has 1 aromatic carbocycles. The van der Waals surface area contributed by atoms with Gasteiger partial charge in [0, 0.05) is 12.2 Å². The number of aryl methyl sites for hydroxylation is 1. The summed E-state index contributed by atoms with van der Waals surface area (Å²) in [7, 11) is 0. The van der Waals surface area contributed by atoms with Gasteiger partial charge in [-0.2, -0.15) is 0 Å². The second kappa shape index (κ2) is 6.60. The molecule has 19 heavy (non-hydrogen) atoms. The number of nitrogens with two attached hydrogens (primary N) is 1. The summed E-state index contributed by atoms with van der Waals surface area (Å²) in [6.07, 6.45) is 7.82. The predicted molar refractivity (Wildman–Crippen MR) is 79.1 cm³/mol. The van der Waals surface area contributed by atoms with E-state index < -0.39 is 0 Å². The average molecular weight is 260 g/mol. The lowest BCUT2D eigenvalue weighted by Crippen LogP contribution is -2.27. The van der Waals surface area contributed by atoms with Gasteiger partial charge in [0.15, 0.2) is 0 Å². The number of hydrogen-bond donors (Lipinski definition) is 2. The molecule has 0 bridgehead atoms. The molecule has 3 heteroatoms. The summed E-state index contributed by atoms with van der Waals surface area (Å²) in [5.41, 5.74) is 8.11. The van der Waals surface area contributed by atoms with E-state index in [1.807, 2.05) is 19.1 Å². The van der Waals surface area contributed by atoms with Crippen LogP contribution in [0.15, 0.2) is 18.2 Å². The van der Waals surface area contributed by atoms with Gasteiger partial charge in [-0.05, 0) is 37.0 Å². The number of hydrogen-bond acceptors (Lipinski definition) is 2. The zero-order valence-electron chi connectivity index (χ0n) is 11.7. The van der Waals surface area contributed by atoms with Gasteiger partial charge < -0.3 is 11.1 Å². The minimum atomic E-state index is -0.0479. The summed E-state index contributed by atoms with van der Waals surface area (Å²) in [6.45, 7) is 2.73. The zero-order chi connectivity index (χ0) is 13.7. The Balaban J connectivity index is 1.80. The van der Waals surface area contributed by atoms with E-state index in [2.05, 4.69) is 5.32 Å². The normalized spacial score (nSPS) is 16.3. The molecule has 0 aliphatic heterocycles. The first-order chi connectivity index (χ1) is 9.16. The molecule has 1 fully saturated rings. The van der Waals surface area contributed by atoms with Crippen molar-refractivity contribution in [2.45, 2.75) is 45.4 Å². The minimum Gasteiger partial charge on any atom is -0.398 e. The molecule has 1 amide bonds. The molecule has 104 valence electrons. The molecule has 1 aliphatic rings. The summed E-state index contributed by atoms with van der Waals surface area (Å²) in [6, 6.07) is 5.57. The maximum absolute atomic E-state index is 12.0. The van der Waals surface area contributed by atoms with E-state index >= 15 is 0 Å². The van der Waals surface area contributed by atoms with Crippen molar-refractivity contribution in [2.75, 3.05) is 12.3 Å². The number of rotatable bonds is 4. The molecule has 1 aliphatic carbocycles. The maximum Gasteiger partial charge on any atom is 0.253 e. The van der Waals surface area contributed by atoms with Crippen molar-refractivity contribution < 1.29 is 4.79 Å². The van der Waals surface area contributed by atoms with Crippen molar-refractivity contribution in [1.29, 1.82) is 0 Å². The summed E-state index contributed by atoms with van der Waals surface area (Å²) in [4.78, 5) is 12.0. The molecule has 0 atom stereocenters. The lowest BCUT2D eigenvalue weighted by molar-refractivity contribution is 0.0951. The molecule has 0 unspecified atom stereocenters. The van der Waals surface area contributed by atoms with Crippen LogP contribution in [0, 0.1) is 12.8 Å². The van der Waals surface area contributed by atoms with Crippen molar-refractivity contribution >= 4 is 11.6 Å². The van der Waals surface area contributed by atoms with E-state index in [4.69, 9.17) is 5.73 Å². The Hall–Kier alpha value is -1.51. The second-order valence-corrected chi connectivity index (χ2v) is 5.64. The van der Waals surface area contributed by atoms with Crippen molar-refractivity contribution in [3.63, 3.8) is 0 Å². The van der Waals surface area contributed by atoms with Crippen LogP contribution in [0.5, 0.6) is 0 Å². The quantitative estimate of drug-likeness (QED) is 0.816. The van der Waals surface area contributed by atoms with Crippen LogP contribution in [0.3, 0.4) is 0 Å². The third kappa shape index (κ3) is 3.98. The number of nitrogens with one attached hydrogen (secondary N) is 1. The van der Waals surface area contributed by atoms with Gasteiger partial charge in [0.1, 0.15) is 0 Å². The first kappa shape index (κ1) is 13.9. The molecule has 0 saturated heterocycles. The molecule has 0 aromatic heterocycles. The van der Waals surface area contributed by atoms with Crippen LogP contribution >= 0.6 is 0 Å². The van der Waals surface area contributed by atoms with Crippen molar-refractivity contribution in [3.05, 3.63) is 29.3 Å². The Labute approximate surface area is 115 Å². The molecule has 2 rings (SSSR count). The SMILES string of the molecule is Cc1ccc(C(=O)NCCC2CCCCC2)c(N)c1. The van der Waals surface area contributed by atoms with Gasteiger partial charge in [0.2, 0.25) is 0 Å². The van der Waals surface area contributed by atoms with Gasteiger partial charge in [-0.1, -0.05) is 38.2 Å². The van der Waals surface area contributed by atoms with Gasteiger partial charge in [-0.3, -0.25) is 4.79 Å². The lowest BCUT2D eigenvalue weighted by Gasteiger charge is -2.21. The molecule has 0 spiro atoms. The number of amides is 1. The Bertz CT molecular complexity index is 436. The number of benzene rings is 1. The van der Waals surface area contributed by atoms with E-state index in [-0.39, 0.29) is 5.91 Å². The van der Waals surface area contributed by atoms with Gasteiger partial charge in [0.25, 0.3) is 5.91 Å². The molecule has 3 N–H and O–H groups in total. The highest BCUT2D eigenvalue weighted by Gasteiger charge is 2.14. The largest absolute Gasteiger partial charge is 0.398 e. The van der Waals surface area contributed by atoms with Crippen LogP contribution in [0.25, 0.3) is 0 Å². The third-order valence-electron chi connectivity index (χ3n) is 4.01. The van der Waals surface area contributed by atoms with Gasteiger partial charge in [0.05, 0.1) is 5.56 Å². The highest BCUT2D eigenvalue weighted by atomic mass is 16.1. The molecule has 0 radical (unpaired) electrons. The zero-order valence-corrected chi connectivity index (χ0v) is 11.7. The average Bonchev–Trinajstić information content (AvgIpc) is 2.39. The third-order valence-corrected chi connectivity index (χ3v) is 4.01. The van der Waals surface area contributed by atoms with E-state index in [1.165, 1.54) is 32.1 Å². The monoisotopic (exact) mass is 260 g/mol. The first-order valence-electron chi connectivity index (χ1n) is 7.31. The van der Waals surface area contributed by atoms with Crippen molar-refractivity contribution in [2.24, 2.45) is 5.92 Å². The fraction of sp³-hybridized carbons (Fsp3) is 0.562. The minimum absolute atomic E-state index is 0.0479. The molecule has 1 saturated carbocycles. The highest BCUT2D eigenvalue weighted by Crippen LogP contribution is 2.25. The van der Waals surface area contributed by atoms with E-state index in [1.54, 1.807) is 6.07 Å². The standard InChI is InChI=1S/C16H24N2O/c1-12-7-8-14(15(17)11-12)16(19)18-10-9-13-5-3-2-4-6-13/h7-8,11,13H,2-6,9-10,17H2,1H3,(H,18,19). The Kier molecular flexibility index (Phi) is 4.83. The van der Waals surface area contributed by atoms with E-state index in [0.29, 0.717) is 11.3 Å². The summed E-state index contributed by atoms with van der Waals surface area (Å²) < 4.78 is 0. The van der Waals surface area contributed by atoms with Crippen LogP contribution in [-0.2, 0) is 0 Å². The highest BCUT2D eigenvalue weighted by molar-refractivity contribution is 5.99. The number of anilines is 1. The molecule has 0 heterocycles. The molecule has 1 aromatic rings. The number of carbonyl (C=O) groups excluding carboxylic acids is 1. The lowest BCUT2D eigenvalue weighted by atomic mass is 9.87. The summed E-state index contributed by atoms with van der Waals surface area (Å²) >= 11 is 0. The van der Waals surface area contributed by atoms with Gasteiger partial charge in [-0.25, -0.2) is 0 Å². The van der Waals surface area contributed by atoms with Crippen LogP contribution in [0.1, 0.15) is 54.4 Å². The van der Waals surface area contributed by atoms with Crippen LogP contribution < -0.4 is 11.1 Å². The Morgan fingerprint density at radius 1 is 1.32 bits per heavy atom.